The van der Waals surface area contributed by atoms with Gasteiger partial charge in [-0.3, -0.25) is 10.2 Å². The fourth-order valence-electron chi connectivity index (χ4n) is 1.93. The number of hydrogen-bond donors (Lipinski definition) is 2. The number of nitrogens with one attached hydrogen (secondary N) is 1. The van der Waals surface area contributed by atoms with E-state index in [-0.39, 0.29) is 5.91 Å². The molecule has 18 heavy (non-hydrogen) atoms. The number of amides is 1. The molecule has 0 radical (unpaired) electrons. The van der Waals surface area contributed by atoms with Crippen molar-refractivity contribution in [1.82, 2.24) is 10.3 Å². The lowest BCUT2D eigenvalue weighted by Gasteiger charge is -2.20. The Morgan fingerprint density at radius 1 is 1.50 bits per heavy atom. The van der Waals surface area contributed by atoms with Crippen LogP contribution < -0.4 is 11.3 Å². The minimum Gasteiger partial charge on any atom is -0.302 e. The van der Waals surface area contributed by atoms with Crippen molar-refractivity contribution in [1.29, 1.82) is 0 Å². The van der Waals surface area contributed by atoms with Gasteiger partial charge in [0.05, 0.1) is 0 Å². The van der Waals surface area contributed by atoms with Gasteiger partial charge < -0.3 is 4.90 Å². The molecule has 4 nitrogen and oxygen atoms in total. The SMILES string of the molecule is CCC(C)CN(C)Cc1cccc(C(=O)NN)c1. The first-order chi connectivity index (χ1) is 8.56. The summed E-state index contributed by atoms with van der Waals surface area (Å²) in [6, 6.07) is 7.56. The predicted octanol–water partition coefficient (Wildman–Crippen LogP) is 1.77. The van der Waals surface area contributed by atoms with Crippen LogP contribution in [-0.2, 0) is 6.54 Å². The van der Waals surface area contributed by atoms with Crippen LogP contribution in [0.15, 0.2) is 24.3 Å². The van der Waals surface area contributed by atoms with Crippen molar-refractivity contribution >= 4 is 5.91 Å². The molecule has 0 heterocycles. The van der Waals surface area contributed by atoms with Gasteiger partial charge in [0.15, 0.2) is 0 Å². The maximum Gasteiger partial charge on any atom is 0.265 e. The van der Waals surface area contributed by atoms with Crippen molar-refractivity contribution in [2.45, 2.75) is 26.8 Å². The number of nitrogens with two attached hydrogens (primary N) is 1. The Morgan fingerprint density at radius 2 is 2.22 bits per heavy atom. The van der Waals surface area contributed by atoms with E-state index in [1.54, 1.807) is 6.07 Å². The van der Waals surface area contributed by atoms with Crippen LogP contribution in [0.25, 0.3) is 0 Å². The van der Waals surface area contributed by atoms with Crippen LogP contribution in [-0.4, -0.2) is 24.4 Å². The van der Waals surface area contributed by atoms with Gasteiger partial charge >= 0.3 is 0 Å². The number of nitrogen functional groups attached to an aromatic ring is 1. The zero-order valence-corrected chi connectivity index (χ0v) is 11.4. The Labute approximate surface area is 109 Å². The topological polar surface area (TPSA) is 58.4 Å². The normalized spacial score (nSPS) is 12.5. The lowest BCUT2D eigenvalue weighted by Crippen LogP contribution is -2.30. The molecule has 1 aromatic rings. The number of hydrazine groups is 1. The summed E-state index contributed by atoms with van der Waals surface area (Å²) in [5.74, 6) is 5.57. The van der Waals surface area contributed by atoms with Crippen LogP contribution in [0.5, 0.6) is 0 Å². The summed E-state index contributed by atoms with van der Waals surface area (Å²) in [6.07, 6.45) is 1.18. The average molecular weight is 249 g/mol. The fourth-order valence-corrected chi connectivity index (χ4v) is 1.93. The van der Waals surface area contributed by atoms with Gasteiger partial charge in [-0.1, -0.05) is 32.4 Å². The van der Waals surface area contributed by atoms with E-state index < -0.39 is 0 Å². The second-order valence-corrected chi connectivity index (χ2v) is 4.88. The molecule has 4 heteroatoms. The summed E-state index contributed by atoms with van der Waals surface area (Å²) in [7, 11) is 2.10. The van der Waals surface area contributed by atoms with Crippen molar-refractivity contribution in [3.05, 3.63) is 35.4 Å². The number of benzene rings is 1. The maximum absolute atomic E-state index is 11.4. The standard InChI is InChI=1S/C14H23N3O/c1-4-11(2)9-17(3)10-12-6-5-7-13(8-12)14(18)16-15/h5-8,11H,4,9-10,15H2,1-3H3,(H,16,18). The first-order valence-corrected chi connectivity index (χ1v) is 6.35. The molecule has 0 saturated carbocycles. The third-order valence-corrected chi connectivity index (χ3v) is 3.09. The molecule has 1 rings (SSSR count). The number of carbonyl (C=O) groups is 1. The highest BCUT2D eigenvalue weighted by molar-refractivity contribution is 5.93. The number of rotatable bonds is 6. The maximum atomic E-state index is 11.4. The largest absolute Gasteiger partial charge is 0.302 e. The number of hydrogen-bond acceptors (Lipinski definition) is 3. The monoisotopic (exact) mass is 249 g/mol. The van der Waals surface area contributed by atoms with Gasteiger partial charge in [0.25, 0.3) is 5.91 Å². The lowest BCUT2D eigenvalue weighted by atomic mass is 10.1. The summed E-state index contributed by atoms with van der Waals surface area (Å²) in [6.45, 7) is 6.35. The van der Waals surface area contributed by atoms with Crippen LogP contribution >= 0.6 is 0 Å². The van der Waals surface area contributed by atoms with E-state index in [2.05, 4.69) is 31.2 Å². The second-order valence-electron chi connectivity index (χ2n) is 4.88. The molecule has 0 spiro atoms. The highest BCUT2D eigenvalue weighted by Gasteiger charge is 2.07. The summed E-state index contributed by atoms with van der Waals surface area (Å²) < 4.78 is 0. The summed E-state index contributed by atoms with van der Waals surface area (Å²) in [4.78, 5) is 13.7. The van der Waals surface area contributed by atoms with Crippen molar-refractivity contribution < 1.29 is 4.79 Å². The average Bonchev–Trinajstić information content (AvgIpc) is 2.37. The zero-order chi connectivity index (χ0) is 13.5. The summed E-state index contributed by atoms with van der Waals surface area (Å²) in [5.41, 5.74) is 3.88. The molecule has 100 valence electrons. The van der Waals surface area contributed by atoms with Gasteiger partial charge in [0.1, 0.15) is 0 Å². The molecule has 1 unspecified atom stereocenters. The van der Waals surface area contributed by atoms with Crippen LogP contribution in [0, 0.1) is 5.92 Å². The Bertz CT molecular complexity index is 392. The van der Waals surface area contributed by atoms with Crippen molar-refractivity contribution in [3.63, 3.8) is 0 Å². The first kappa shape index (κ1) is 14.7. The van der Waals surface area contributed by atoms with Gasteiger partial charge in [0.2, 0.25) is 0 Å². The molecule has 0 aliphatic rings. The highest BCUT2D eigenvalue weighted by Crippen LogP contribution is 2.10. The fraction of sp³-hybridized carbons (Fsp3) is 0.500. The van der Waals surface area contributed by atoms with E-state index in [0.29, 0.717) is 11.5 Å². The lowest BCUT2D eigenvalue weighted by molar-refractivity contribution is 0.0953. The summed E-state index contributed by atoms with van der Waals surface area (Å²) in [5, 5.41) is 0. The van der Waals surface area contributed by atoms with Gasteiger partial charge in [-0.25, -0.2) is 5.84 Å². The predicted molar refractivity (Wildman–Crippen MR) is 73.9 cm³/mol. The highest BCUT2D eigenvalue weighted by atomic mass is 16.2. The van der Waals surface area contributed by atoms with E-state index in [1.807, 2.05) is 18.2 Å². The molecular formula is C14H23N3O. The van der Waals surface area contributed by atoms with E-state index in [0.717, 1.165) is 18.7 Å². The first-order valence-electron chi connectivity index (χ1n) is 6.35. The molecule has 0 fully saturated rings. The Morgan fingerprint density at radius 3 is 2.83 bits per heavy atom. The molecule has 0 saturated heterocycles. The number of nitrogens with zero attached hydrogens (tertiary/aromatic N) is 1. The van der Waals surface area contributed by atoms with Crippen molar-refractivity contribution in [2.24, 2.45) is 11.8 Å². The third kappa shape index (κ3) is 4.47. The Kier molecular flexibility index (Phi) is 5.82. The van der Waals surface area contributed by atoms with Crippen LogP contribution in [0.4, 0.5) is 0 Å². The Balaban J connectivity index is 2.64. The van der Waals surface area contributed by atoms with Crippen LogP contribution in [0.2, 0.25) is 0 Å². The third-order valence-electron chi connectivity index (χ3n) is 3.09. The molecule has 0 bridgehead atoms. The van der Waals surface area contributed by atoms with E-state index in [1.165, 1.54) is 6.42 Å². The molecule has 3 N–H and O–H groups in total. The second kappa shape index (κ2) is 7.13. The molecule has 1 aromatic carbocycles. The minimum atomic E-state index is -0.249. The molecule has 0 aromatic heterocycles. The van der Waals surface area contributed by atoms with Gasteiger partial charge in [-0.05, 0) is 30.7 Å². The molecule has 1 amide bonds. The van der Waals surface area contributed by atoms with Crippen LogP contribution in [0.1, 0.15) is 36.2 Å². The molecule has 1 atom stereocenters. The summed E-state index contributed by atoms with van der Waals surface area (Å²) >= 11 is 0. The molecular weight excluding hydrogens is 226 g/mol. The smallest absolute Gasteiger partial charge is 0.265 e. The van der Waals surface area contributed by atoms with Gasteiger partial charge in [-0.2, -0.15) is 0 Å². The van der Waals surface area contributed by atoms with Crippen molar-refractivity contribution in [3.8, 4) is 0 Å². The molecule has 0 aliphatic heterocycles. The minimum absolute atomic E-state index is 0.249. The van der Waals surface area contributed by atoms with Crippen molar-refractivity contribution in [2.75, 3.05) is 13.6 Å². The molecule has 0 aliphatic carbocycles. The van der Waals surface area contributed by atoms with E-state index >= 15 is 0 Å². The van der Waals surface area contributed by atoms with E-state index in [4.69, 9.17) is 5.84 Å². The number of carbonyl (C=O) groups excluding carboxylic acids is 1. The van der Waals surface area contributed by atoms with Gasteiger partial charge in [0, 0.05) is 18.7 Å². The van der Waals surface area contributed by atoms with Gasteiger partial charge in [-0.15, -0.1) is 0 Å². The quantitative estimate of drug-likeness (QED) is 0.459. The Hall–Kier alpha value is -1.39. The zero-order valence-electron chi connectivity index (χ0n) is 11.4. The van der Waals surface area contributed by atoms with E-state index in [9.17, 15) is 4.79 Å². The van der Waals surface area contributed by atoms with Crippen LogP contribution in [0.3, 0.4) is 0 Å².